The molecule has 0 spiro atoms. The second-order valence-electron chi connectivity index (χ2n) is 4.64. The Morgan fingerprint density at radius 3 is 2.85 bits per heavy atom. The minimum atomic E-state index is -0.439. The van der Waals surface area contributed by atoms with Gasteiger partial charge in [-0.25, -0.2) is 0 Å². The molecule has 2 nitrogen and oxygen atoms in total. The maximum absolute atomic E-state index is 12.6. The Balaban J connectivity index is 2.09. The lowest BCUT2D eigenvalue weighted by atomic mass is 10.2. The van der Waals surface area contributed by atoms with Crippen molar-refractivity contribution < 1.29 is 4.79 Å². The lowest BCUT2D eigenvalue weighted by molar-refractivity contribution is -0.119. The summed E-state index contributed by atoms with van der Waals surface area (Å²) in [5.74, 6) is 2.23. The first-order chi connectivity index (χ1) is 9.72. The number of thioether (sulfide) groups is 3. The molecular weight excluding hydrogens is 306 g/mol. The Labute approximate surface area is 134 Å². The number of carbonyl (C=O) groups excluding carboxylic acids is 1. The van der Waals surface area contributed by atoms with E-state index in [1.807, 2.05) is 6.07 Å². The van der Waals surface area contributed by atoms with Gasteiger partial charge in [0.25, 0.3) is 0 Å². The van der Waals surface area contributed by atoms with Crippen molar-refractivity contribution in [1.82, 2.24) is 5.32 Å². The van der Waals surface area contributed by atoms with Gasteiger partial charge in [-0.2, -0.15) is 11.8 Å². The Kier molecular flexibility index (Phi) is 6.33. The molecule has 5 heteroatoms. The molecule has 1 aromatic rings. The van der Waals surface area contributed by atoms with E-state index in [9.17, 15) is 4.79 Å². The number of rotatable bonds is 7. The van der Waals surface area contributed by atoms with Gasteiger partial charge in [-0.15, -0.1) is 23.5 Å². The summed E-state index contributed by atoms with van der Waals surface area (Å²) < 4.78 is -0.439. The Morgan fingerprint density at radius 1 is 1.45 bits per heavy atom. The van der Waals surface area contributed by atoms with E-state index in [0.717, 1.165) is 18.1 Å². The van der Waals surface area contributed by atoms with Crippen LogP contribution in [0.4, 0.5) is 0 Å². The summed E-state index contributed by atoms with van der Waals surface area (Å²) in [4.78, 5) is 12.6. The van der Waals surface area contributed by atoms with Crippen molar-refractivity contribution in [3.63, 3.8) is 0 Å². The molecule has 110 valence electrons. The topological polar surface area (TPSA) is 29.1 Å². The smallest absolute Gasteiger partial charge is 0.174 e. The van der Waals surface area contributed by atoms with E-state index in [2.05, 4.69) is 42.8 Å². The zero-order chi connectivity index (χ0) is 14.4. The van der Waals surface area contributed by atoms with Crippen molar-refractivity contribution in [2.24, 2.45) is 0 Å². The van der Waals surface area contributed by atoms with Crippen LogP contribution in [0, 0.1) is 0 Å². The zero-order valence-electron chi connectivity index (χ0n) is 11.9. The molecule has 1 fully saturated rings. The first-order valence-corrected chi connectivity index (χ1v) is 10.1. The Bertz CT molecular complexity index is 440. The average Bonchev–Trinajstić information content (AvgIpc) is 2.91. The van der Waals surface area contributed by atoms with Crippen LogP contribution in [0.5, 0.6) is 0 Å². The first-order valence-electron chi connectivity index (χ1n) is 6.86. The number of Topliss-reactive ketones (excluding diaryl/α,β-unsaturated/α-hetero) is 1. The maximum atomic E-state index is 12.6. The van der Waals surface area contributed by atoms with Gasteiger partial charge in [0.2, 0.25) is 0 Å². The molecule has 2 atom stereocenters. The summed E-state index contributed by atoms with van der Waals surface area (Å²) in [5, 5.41) is 3.83. The highest BCUT2D eigenvalue weighted by Crippen LogP contribution is 2.54. The highest BCUT2D eigenvalue weighted by Gasteiger charge is 2.46. The highest BCUT2D eigenvalue weighted by atomic mass is 32.2. The van der Waals surface area contributed by atoms with Crippen LogP contribution in [-0.2, 0) is 4.79 Å². The predicted molar refractivity (Wildman–Crippen MR) is 93.6 cm³/mol. The molecule has 1 saturated heterocycles. The van der Waals surface area contributed by atoms with Gasteiger partial charge in [-0.3, -0.25) is 10.1 Å². The Hall–Kier alpha value is -0.100. The van der Waals surface area contributed by atoms with Crippen LogP contribution in [0.3, 0.4) is 0 Å². The molecule has 1 aliphatic rings. The van der Waals surface area contributed by atoms with Crippen molar-refractivity contribution in [2.45, 2.75) is 22.8 Å². The third kappa shape index (κ3) is 3.75. The second kappa shape index (κ2) is 7.78. The summed E-state index contributed by atoms with van der Waals surface area (Å²) >= 11 is 5.29. The maximum Gasteiger partial charge on any atom is 0.174 e. The fourth-order valence-electron chi connectivity index (χ4n) is 2.22. The van der Waals surface area contributed by atoms with Crippen LogP contribution in [-0.4, -0.2) is 34.3 Å². The lowest BCUT2D eigenvalue weighted by Crippen LogP contribution is -2.44. The van der Waals surface area contributed by atoms with Gasteiger partial charge in [0.1, 0.15) is 0 Å². The lowest BCUT2D eigenvalue weighted by Gasteiger charge is -2.27. The van der Waals surface area contributed by atoms with Crippen molar-refractivity contribution in [3.05, 3.63) is 35.9 Å². The van der Waals surface area contributed by atoms with Gasteiger partial charge in [0.05, 0.1) is 0 Å². The highest BCUT2D eigenvalue weighted by molar-refractivity contribution is 8.22. The summed E-state index contributed by atoms with van der Waals surface area (Å²) in [7, 11) is 0. The normalized spacial score (nSPS) is 25.8. The van der Waals surface area contributed by atoms with Crippen LogP contribution >= 0.6 is 35.3 Å². The number of hydrogen-bond acceptors (Lipinski definition) is 5. The van der Waals surface area contributed by atoms with Gasteiger partial charge in [0.15, 0.2) is 9.99 Å². The largest absolute Gasteiger partial charge is 0.296 e. The number of benzene rings is 1. The van der Waals surface area contributed by atoms with Gasteiger partial charge < -0.3 is 0 Å². The fraction of sp³-hybridized carbons (Fsp3) is 0.533. The molecule has 20 heavy (non-hydrogen) atoms. The standard InChI is InChI=1S/C15H21NOS3/c1-3-16-15(14(17)9-10-18-2)19-11-13(20-15)12-7-5-4-6-8-12/h4-8,13,16H,3,9-11H2,1-2H3/t13?,15-/m1/s1. The van der Waals surface area contributed by atoms with Crippen molar-refractivity contribution in [1.29, 1.82) is 0 Å². The zero-order valence-corrected chi connectivity index (χ0v) is 14.4. The van der Waals surface area contributed by atoms with Gasteiger partial charge in [0, 0.05) is 23.2 Å². The molecule has 0 radical (unpaired) electrons. The molecule has 0 bridgehead atoms. The number of nitrogens with one attached hydrogen (secondary N) is 1. The van der Waals surface area contributed by atoms with E-state index >= 15 is 0 Å². The first kappa shape index (κ1) is 16.3. The third-order valence-corrected chi connectivity index (χ3v) is 7.40. The van der Waals surface area contributed by atoms with Crippen LogP contribution < -0.4 is 5.32 Å². The van der Waals surface area contributed by atoms with Gasteiger partial charge >= 0.3 is 0 Å². The molecule has 0 amide bonds. The van der Waals surface area contributed by atoms with E-state index in [-0.39, 0.29) is 0 Å². The molecular formula is C15H21NOS3. The number of likely N-dealkylation sites (N-methyl/N-ethyl adjacent to an activating group) is 1. The van der Waals surface area contributed by atoms with Gasteiger partial charge in [-0.1, -0.05) is 37.3 Å². The minimum absolute atomic E-state index is 0.335. The molecule has 0 saturated carbocycles. The van der Waals surface area contributed by atoms with E-state index < -0.39 is 4.20 Å². The predicted octanol–water partition coefficient (Wildman–Crippen LogP) is 3.79. The SMILES string of the molecule is CCN[C@]1(C(=O)CCSC)SCC(c2ccccc2)S1. The average molecular weight is 328 g/mol. The van der Waals surface area contributed by atoms with E-state index in [4.69, 9.17) is 0 Å². The summed E-state index contributed by atoms with van der Waals surface area (Å²) in [6.45, 7) is 2.90. The fourth-order valence-corrected chi connectivity index (χ4v) is 6.16. The molecule has 2 rings (SSSR count). The quantitative estimate of drug-likeness (QED) is 0.823. The number of carbonyl (C=O) groups is 1. The molecule has 1 unspecified atom stereocenters. The van der Waals surface area contributed by atoms with Crippen LogP contribution in [0.25, 0.3) is 0 Å². The van der Waals surface area contributed by atoms with E-state index in [0.29, 0.717) is 17.5 Å². The molecule has 1 aromatic carbocycles. The van der Waals surface area contributed by atoms with Crippen molar-refractivity contribution >= 4 is 41.1 Å². The van der Waals surface area contributed by atoms with Crippen molar-refractivity contribution in [2.75, 3.05) is 24.3 Å². The van der Waals surface area contributed by atoms with E-state index in [1.54, 1.807) is 35.3 Å². The molecule has 0 aromatic heterocycles. The minimum Gasteiger partial charge on any atom is -0.296 e. The number of hydrogen-bond donors (Lipinski definition) is 1. The number of ketones is 1. The Morgan fingerprint density at radius 2 is 2.20 bits per heavy atom. The monoisotopic (exact) mass is 327 g/mol. The van der Waals surface area contributed by atoms with Gasteiger partial charge in [-0.05, 0) is 18.4 Å². The summed E-state index contributed by atoms with van der Waals surface area (Å²) in [6, 6.07) is 10.5. The molecule has 1 heterocycles. The molecule has 1 N–H and O–H groups in total. The van der Waals surface area contributed by atoms with Crippen LogP contribution in [0.2, 0.25) is 0 Å². The van der Waals surface area contributed by atoms with Crippen LogP contribution in [0.1, 0.15) is 24.2 Å². The van der Waals surface area contributed by atoms with Crippen LogP contribution in [0.15, 0.2) is 30.3 Å². The molecule has 0 aliphatic carbocycles. The third-order valence-electron chi connectivity index (χ3n) is 3.23. The van der Waals surface area contributed by atoms with E-state index in [1.165, 1.54) is 5.56 Å². The summed E-state index contributed by atoms with van der Waals surface area (Å²) in [5.41, 5.74) is 1.32. The molecule has 1 aliphatic heterocycles. The summed E-state index contributed by atoms with van der Waals surface area (Å²) in [6.07, 6.45) is 2.70. The second-order valence-corrected chi connectivity index (χ2v) is 8.54. The van der Waals surface area contributed by atoms with Crippen molar-refractivity contribution in [3.8, 4) is 0 Å².